The van der Waals surface area contributed by atoms with Crippen molar-refractivity contribution in [3.63, 3.8) is 0 Å². The van der Waals surface area contributed by atoms with Gasteiger partial charge in [0.1, 0.15) is 5.01 Å². The molecule has 3 aromatic heterocycles. The first kappa shape index (κ1) is 12.0. The van der Waals surface area contributed by atoms with Crippen molar-refractivity contribution in [1.29, 1.82) is 0 Å². The summed E-state index contributed by atoms with van der Waals surface area (Å²) in [6, 6.07) is 2.00. The highest BCUT2D eigenvalue weighted by molar-refractivity contribution is 7.15. The lowest BCUT2D eigenvalue weighted by atomic mass is 9.86. The van der Waals surface area contributed by atoms with Crippen LogP contribution in [0.2, 0.25) is 0 Å². The predicted molar refractivity (Wildman–Crippen MR) is 79.5 cm³/mol. The van der Waals surface area contributed by atoms with Crippen molar-refractivity contribution < 1.29 is 0 Å². The summed E-state index contributed by atoms with van der Waals surface area (Å²) in [5.41, 5.74) is 9.03. The van der Waals surface area contributed by atoms with E-state index in [1.165, 1.54) is 4.88 Å². The Morgan fingerprint density at radius 2 is 2.35 bits per heavy atom. The van der Waals surface area contributed by atoms with Crippen LogP contribution in [0.1, 0.15) is 30.3 Å². The van der Waals surface area contributed by atoms with E-state index in [1.54, 1.807) is 23.7 Å². The Kier molecular flexibility index (Phi) is 2.46. The summed E-state index contributed by atoms with van der Waals surface area (Å²) in [6.45, 7) is 2.08. The summed E-state index contributed by atoms with van der Waals surface area (Å²) in [5.74, 6) is 0. The van der Waals surface area contributed by atoms with Crippen molar-refractivity contribution >= 4 is 22.4 Å². The second-order valence-electron chi connectivity index (χ2n) is 5.55. The van der Waals surface area contributed by atoms with Crippen molar-refractivity contribution in [2.24, 2.45) is 5.73 Å². The normalized spacial score (nSPS) is 22.1. The standard InChI is InChI=1S/C14H15N5S/c1-14(15)5-2-3-10-11(14)18-13(20-10)8-4-6-16-12-9(8)7-17-19-12/h4,6-7H,2-3,5,15H2,1H3,(H,16,17,19). The molecule has 102 valence electrons. The minimum atomic E-state index is -0.301. The van der Waals surface area contributed by atoms with Crippen LogP contribution in [0.5, 0.6) is 0 Å². The van der Waals surface area contributed by atoms with Crippen molar-refractivity contribution in [3.05, 3.63) is 29.0 Å². The molecular weight excluding hydrogens is 270 g/mol. The van der Waals surface area contributed by atoms with Gasteiger partial charge in [0.25, 0.3) is 0 Å². The van der Waals surface area contributed by atoms with Gasteiger partial charge in [-0.2, -0.15) is 5.10 Å². The molecule has 1 atom stereocenters. The average Bonchev–Trinajstić information content (AvgIpc) is 3.04. The molecule has 0 saturated carbocycles. The molecule has 1 aliphatic carbocycles. The van der Waals surface area contributed by atoms with E-state index in [9.17, 15) is 0 Å². The van der Waals surface area contributed by atoms with Gasteiger partial charge in [0, 0.05) is 22.0 Å². The lowest BCUT2D eigenvalue weighted by Crippen LogP contribution is -2.36. The minimum absolute atomic E-state index is 0.301. The number of aryl methyl sites for hydroxylation is 1. The fraction of sp³-hybridized carbons (Fsp3) is 0.357. The molecule has 0 bridgehead atoms. The molecule has 0 fully saturated rings. The van der Waals surface area contributed by atoms with Crippen molar-refractivity contribution in [2.45, 2.75) is 31.7 Å². The molecule has 5 nitrogen and oxygen atoms in total. The molecule has 1 unspecified atom stereocenters. The van der Waals surface area contributed by atoms with E-state index >= 15 is 0 Å². The van der Waals surface area contributed by atoms with Gasteiger partial charge in [0.15, 0.2) is 5.65 Å². The number of nitrogens with zero attached hydrogens (tertiary/aromatic N) is 3. The second kappa shape index (κ2) is 4.10. The summed E-state index contributed by atoms with van der Waals surface area (Å²) in [6.07, 6.45) is 6.82. The lowest BCUT2D eigenvalue weighted by molar-refractivity contribution is 0.402. The Balaban J connectivity index is 1.92. The van der Waals surface area contributed by atoms with Crippen LogP contribution in [0.25, 0.3) is 21.6 Å². The molecule has 0 spiro atoms. The number of thiazole rings is 1. The summed E-state index contributed by atoms with van der Waals surface area (Å²) in [7, 11) is 0. The molecule has 0 amide bonds. The largest absolute Gasteiger partial charge is 0.320 e. The maximum atomic E-state index is 6.39. The highest BCUT2D eigenvalue weighted by Gasteiger charge is 2.32. The molecule has 1 aliphatic rings. The van der Waals surface area contributed by atoms with Gasteiger partial charge >= 0.3 is 0 Å². The molecule has 3 N–H and O–H groups in total. The maximum Gasteiger partial charge on any atom is 0.155 e. The first-order valence-electron chi connectivity index (χ1n) is 6.73. The van der Waals surface area contributed by atoms with Gasteiger partial charge in [-0.25, -0.2) is 9.97 Å². The van der Waals surface area contributed by atoms with Crippen LogP contribution in [-0.2, 0) is 12.0 Å². The Labute approximate surface area is 120 Å². The smallest absolute Gasteiger partial charge is 0.155 e. The van der Waals surface area contributed by atoms with Gasteiger partial charge in [-0.1, -0.05) is 0 Å². The fourth-order valence-electron chi connectivity index (χ4n) is 2.85. The number of hydrogen-bond donors (Lipinski definition) is 2. The number of aromatic amines is 1. The number of pyridine rings is 1. The topological polar surface area (TPSA) is 80.5 Å². The van der Waals surface area contributed by atoms with E-state index in [-0.39, 0.29) is 5.54 Å². The van der Waals surface area contributed by atoms with Crippen LogP contribution in [0.4, 0.5) is 0 Å². The summed E-state index contributed by atoms with van der Waals surface area (Å²) in [5, 5.41) is 8.99. The van der Waals surface area contributed by atoms with Crippen LogP contribution in [0, 0.1) is 0 Å². The number of H-pyrrole nitrogens is 1. The first-order chi connectivity index (χ1) is 9.65. The number of nitrogens with two attached hydrogens (primary N) is 1. The molecule has 6 heteroatoms. The van der Waals surface area contributed by atoms with E-state index in [2.05, 4.69) is 22.1 Å². The Morgan fingerprint density at radius 3 is 3.20 bits per heavy atom. The van der Waals surface area contributed by atoms with Gasteiger partial charge in [-0.3, -0.25) is 5.10 Å². The van der Waals surface area contributed by atoms with Crippen LogP contribution >= 0.6 is 11.3 Å². The minimum Gasteiger partial charge on any atom is -0.320 e. The Hall–Kier alpha value is -1.79. The van der Waals surface area contributed by atoms with E-state index in [0.717, 1.165) is 46.6 Å². The molecule has 3 heterocycles. The Morgan fingerprint density at radius 1 is 1.45 bits per heavy atom. The maximum absolute atomic E-state index is 6.39. The zero-order chi connectivity index (χ0) is 13.7. The van der Waals surface area contributed by atoms with Gasteiger partial charge in [0.2, 0.25) is 0 Å². The van der Waals surface area contributed by atoms with Gasteiger partial charge in [-0.15, -0.1) is 11.3 Å². The Bertz CT molecular complexity index is 786. The number of fused-ring (bicyclic) bond motifs is 2. The molecule has 3 aromatic rings. The fourth-order valence-corrected chi connectivity index (χ4v) is 4.13. The molecule has 0 aromatic carbocycles. The molecular formula is C14H15N5S. The van der Waals surface area contributed by atoms with E-state index in [1.807, 2.05) is 6.07 Å². The van der Waals surface area contributed by atoms with Crippen molar-refractivity contribution in [2.75, 3.05) is 0 Å². The van der Waals surface area contributed by atoms with Crippen LogP contribution < -0.4 is 5.73 Å². The third kappa shape index (κ3) is 1.68. The van der Waals surface area contributed by atoms with Gasteiger partial charge in [0.05, 0.1) is 17.4 Å². The quantitative estimate of drug-likeness (QED) is 0.720. The van der Waals surface area contributed by atoms with Crippen LogP contribution in [-0.4, -0.2) is 20.2 Å². The lowest BCUT2D eigenvalue weighted by Gasteiger charge is -2.27. The van der Waals surface area contributed by atoms with Gasteiger partial charge < -0.3 is 5.73 Å². The number of hydrogen-bond acceptors (Lipinski definition) is 5. The van der Waals surface area contributed by atoms with Gasteiger partial charge in [-0.05, 0) is 32.3 Å². The first-order valence-corrected chi connectivity index (χ1v) is 7.54. The third-order valence-electron chi connectivity index (χ3n) is 3.92. The SMILES string of the molecule is CC1(N)CCCc2sc(-c3ccnc4[nH]ncc34)nc21. The van der Waals surface area contributed by atoms with Crippen molar-refractivity contribution in [1.82, 2.24) is 20.2 Å². The zero-order valence-electron chi connectivity index (χ0n) is 11.2. The summed E-state index contributed by atoms with van der Waals surface area (Å²) >= 11 is 1.75. The number of rotatable bonds is 1. The molecule has 0 aliphatic heterocycles. The summed E-state index contributed by atoms with van der Waals surface area (Å²) in [4.78, 5) is 10.4. The average molecular weight is 285 g/mol. The molecule has 4 rings (SSSR count). The van der Waals surface area contributed by atoms with E-state index in [0.29, 0.717) is 0 Å². The predicted octanol–water partition coefficient (Wildman–Crippen LogP) is 2.59. The highest BCUT2D eigenvalue weighted by Crippen LogP contribution is 2.40. The highest BCUT2D eigenvalue weighted by atomic mass is 32.1. The van der Waals surface area contributed by atoms with Crippen molar-refractivity contribution in [3.8, 4) is 10.6 Å². The number of aromatic nitrogens is 4. The number of nitrogens with one attached hydrogen (secondary N) is 1. The third-order valence-corrected chi connectivity index (χ3v) is 5.07. The molecule has 20 heavy (non-hydrogen) atoms. The van der Waals surface area contributed by atoms with Crippen LogP contribution in [0.3, 0.4) is 0 Å². The zero-order valence-corrected chi connectivity index (χ0v) is 12.0. The summed E-state index contributed by atoms with van der Waals surface area (Å²) < 4.78 is 0. The monoisotopic (exact) mass is 285 g/mol. The van der Waals surface area contributed by atoms with E-state index in [4.69, 9.17) is 10.7 Å². The molecule has 0 saturated heterocycles. The second-order valence-corrected chi connectivity index (χ2v) is 6.64. The molecule has 0 radical (unpaired) electrons. The van der Waals surface area contributed by atoms with E-state index < -0.39 is 0 Å². The van der Waals surface area contributed by atoms with Crippen LogP contribution in [0.15, 0.2) is 18.5 Å².